The Morgan fingerprint density at radius 1 is 1.18 bits per heavy atom. The quantitative estimate of drug-likeness (QED) is 0.615. The molecule has 17 heavy (non-hydrogen) atoms. The van der Waals surface area contributed by atoms with Crippen molar-refractivity contribution in [1.29, 1.82) is 0 Å². The summed E-state index contributed by atoms with van der Waals surface area (Å²) in [4.78, 5) is 4.36. The predicted octanol–water partition coefficient (Wildman–Crippen LogP) is 4.06. The summed E-state index contributed by atoms with van der Waals surface area (Å²) in [6.45, 7) is 8.18. The Labute approximate surface area is 104 Å². The Hall–Kier alpha value is -1.83. The van der Waals surface area contributed by atoms with Gasteiger partial charge in [0, 0.05) is 17.6 Å². The summed E-state index contributed by atoms with van der Waals surface area (Å²) in [6, 6.07) is 7.86. The molecule has 0 atom stereocenters. The number of nitrogens with two attached hydrogens (primary N) is 1. The third kappa shape index (κ3) is 4.27. The molecule has 0 saturated carbocycles. The fourth-order valence-corrected chi connectivity index (χ4v) is 1.27. The van der Waals surface area contributed by atoms with Crippen molar-refractivity contribution in [2.24, 2.45) is 4.99 Å². The van der Waals surface area contributed by atoms with Gasteiger partial charge in [-0.2, -0.15) is 0 Å². The minimum Gasteiger partial charge on any atom is -0.399 e. The summed E-state index contributed by atoms with van der Waals surface area (Å²) in [5.41, 5.74) is 11.1. The van der Waals surface area contributed by atoms with Crippen LogP contribution in [-0.2, 0) is 0 Å². The van der Waals surface area contributed by atoms with Crippen LogP contribution in [0.15, 0.2) is 46.6 Å². The second kappa shape index (κ2) is 6.04. The molecule has 0 unspecified atom stereocenters. The molecule has 0 heterocycles. The summed E-state index contributed by atoms with van der Waals surface area (Å²) >= 11 is 0. The lowest BCUT2D eigenvalue weighted by Crippen LogP contribution is -1.86. The molecule has 90 valence electrons. The average molecular weight is 228 g/mol. The number of rotatable bonds is 3. The van der Waals surface area contributed by atoms with Gasteiger partial charge in [-0.3, -0.25) is 4.99 Å². The molecular formula is C15H20N2. The number of benzene rings is 1. The molecule has 2 nitrogen and oxygen atoms in total. The van der Waals surface area contributed by atoms with Crippen LogP contribution in [0.4, 0.5) is 5.69 Å². The van der Waals surface area contributed by atoms with Crippen molar-refractivity contribution in [1.82, 2.24) is 0 Å². The highest BCUT2D eigenvalue weighted by Crippen LogP contribution is 2.15. The fourth-order valence-electron chi connectivity index (χ4n) is 1.27. The van der Waals surface area contributed by atoms with Crippen LogP contribution in [0, 0.1) is 0 Å². The van der Waals surface area contributed by atoms with E-state index in [0.29, 0.717) is 0 Å². The van der Waals surface area contributed by atoms with Gasteiger partial charge in [-0.1, -0.05) is 17.7 Å². The summed E-state index contributed by atoms with van der Waals surface area (Å²) in [6.07, 6.45) is 3.84. The highest BCUT2D eigenvalue weighted by molar-refractivity contribution is 5.84. The minimum absolute atomic E-state index is 0.785. The molecule has 1 aromatic rings. The van der Waals surface area contributed by atoms with Crippen LogP contribution in [0.1, 0.15) is 33.3 Å². The molecule has 1 aromatic carbocycles. The average Bonchev–Trinajstić information content (AvgIpc) is 2.28. The molecule has 0 bridgehead atoms. The summed E-state index contributed by atoms with van der Waals surface area (Å²) in [5, 5.41) is 0. The smallest absolute Gasteiger partial charge is 0.0359 e. The summed E-state index contributed by atoms with van der Waals surface area (Å²) in [5.74, 6) is 0. The third-order valence-electron chi connectivity index (χ3n) is 2.66. The summed E-state index contributed by atoms with van der Waals surface area (Å²) in [7, 11) is 0. The number of nitrogens with zero attached hydrogens (tertiary/aromatic N) is 1. The van der Waals surface area contributed by atoms with Crippen molar-refractivity contribution < 1.29 is 0 Å². The van der Waals surface area contributed by atoms with Gasteiger partial charge in [-0.05, 0) is 57.0 Å². The molecule has 0 radical (unpaired) electrons. The van der Waals surface area contributed by atoms with Crippen LogP contribution in [0.5, 0.6) is 0 Å². The maximum absolute atomic E-state index is 5.74. The van der Waals surface area contributed by atoms with Crippen molar-refractivity contribution in [3.63, 3.8) is 0 Å². The largest absolute Gasteiger partial charge is 0.399 e. The van der Waals surface area contributed by atoms with Gasteiger partial charge in [0.05, 0.1) is 0 Å². The van der Waals surface area contributed by atoms with E-state index in [1.807, 2.05) is 43.5 Å². The first-order valence-electron chi connectivity index (χ1n) is 5.71. The Bertz CT molecular complexity index is 475. The molecule has 0 aliphatic rings. The lowest BCUT2D eigenvalue weighted by molar-refractivity contribution is 1.19. The second-order valence-electron chi connectivity index (χ2n) is 4.34. The van der Waals surface area contributed by atoms with Gasteiger partial charge in [0.1, 0.15) is 0 Å². The lowest BCUT2D eigenvalue weighted by Gasteiger charge is -2.01. The van der Waals surface area contributed by atoms with E-state index in [1.54, 1.807) is 0 Å². The van der Waals surface area contributed by atoms with Crippen LogP contribution in [0.3, 0.4) is 0 Å². The molecule has 0 aliphatic carbocycles. The summed E-state index contributed by atoms with van der Waals surface area (Å²) < 4.78 is 0. The zero-order valence-electron chi connectivity index (χ0n) is 11.0. The van der Waals surface area contributed by atoms with Crippen molar-refractivity contribution in [3.05, 3.63) is 47.2 Å². The number of hydrogen-bond acceptors (Lipinski definition) is 2. The Balaban J connectivity index is 2.84. The zero-order chi connectivity index (χ0) is 12.8. The third-order valence-corrected chi connectivity index (χ3v) is 2.66. The number of hydrogen-bond donors (Lipinski definition) is 1. The first-order valence-corrected chi connectivity index (χ1v) is 5.71. The van der Waals surface area contributed by atoms with E-state index in [2.05, 4.69) is 25.8 Å². The molecular weight excluding hydrogens is 208 g/mol. The number of allylic oxidation sites excluding steroid dienone is 4. The topological polar surface area (TPSA) is 38.4 Å². The van der Waals surface area contributed by atoms with Crippen LogP contribution < -0.4 is 5.73 Å². The van der Waals surface area contributed by atoms with Crippen molar-refractivity contribution in [2.45, 2.75) is 27.7 Å². The number of anilines is 1. The van der Waals surface area contributed by atoms with E-state index < -0.39 is 0 Å². The predicted molar refractivity (Wildman–Crippen MR) is 77.0 cm³/mol. The van der Waals surface area contributed by atoms with Crippen molar-refractivity contribution >= 4 is 17.5 Å². The maximum Gasteiger partial charge on any atom is 0.0359 e. The van der Waals surface area contributed by atoms with Gasteiger partial charge in [-0.15, -0.1) is 0 Å². The van der Waals surface area contributed by atoms with Crippen molar-refractivity contribution in [3.8, 4) is 0 Å². The number of aliphatic imine (C=N–C) groups is 1. The molecule has 0 aliphatic heterocycles. The standard InChI is InChI=1S/C15H20N2/c1-11(2)13(4)17-9-8-12(3)14-6-5-7-15(16)10-14/h5-10H,16H2,1-4H3/b12-8+,17-9?. The van der Waals surface area contributed by atoms with E-state index in [4.69, 9.17) is 5.73 Å². The van der Waals surface area contributed by atoms with E-state index in [9.17, 15) is 0 Å². The van der Waals surface area contributed by atoms with Gasteiger partial charge in [0.25, 0.3) is 0 Å². The maximum atomic E-state index is 5.74. The molecule has 2 heteroatoms. The van der Waals surface area contributed by atoms with E-state index >= 15 is 0 Å². The lowest BCUT2D eigenvalue weighted by atomic mass is 10.1. The first kappa shape index (κ1) is 13.2. The monoisotopic (exact) mass is 228 g/mol. The van der Waals surface area contributed by atoms with Crippen LogP contribution in [-0.4, -0.2) is 6.21 Å². The molecule has 0 amide bonds. The molecule has 0 aromatic heterocycles. The van der Waals surface area contributed by atoms with Gasteiger partial charge < -0.3 is 5.73 Å². The van der Waals surface area contributed by atoms with Crippen LogP contribution >= 0.6 is 0 Å². The van der Waals surface area contributed by atoms with Gasteiger partial charge in [-0.25, -0.2) is 0 Å². The molecule has 1 rings (SSSR count). The van der Waals surface area contributed by atoms with Gasteiger partial charge >= 0.3 is 0 Å². The van der Waals surface area contributed by atoms with Crippen LogP contribution in [0.2, 0.25) is 0 Å². The Kier molecular flexibility index (Phi) is 4.70. The van der Waals surface area contributed by atoms with Gasteiger partial charge in [0.15, 0.2) is 0 Å². The van der Waals surface area contributed by atoms with Gasteiger partial charge in [0.2, 0.25) is 0 Å². The molecule has 0 fully saturated rings. The molecule has 0 spiro atoms. The normalized spacial score (nSPS) is 11.9. The van der Waals surface area contributed by atoms with Crippen LogP contribution in [0.25, 0.3) is 5.57 Å². The highest BCUT2D eigenvalue weighted by atomic mass is 14.7. The van der Waals surface area contributed by atoms with E-state index in [1.165, 1.54) is 5.57 Å². The molecule has 2 N–H and O–H groups in total. The second-order valence-corrected chi connectivity index (χ2v) is 4.34. The Morgan fingerprint density at radius 3 is 2.47 bits per heavy atom. The van der Waals surface area contributed by atoms with E-state index in [-0.39, 0.29) is 0 Å². The minimum atomic E-state index is 0.785. The highest BCUT2D eigenvalue weighted by Gasteiger charge is 1.94. The Morgan fingerprint density at radius 2 is 1.88 bits per heavy atom. The first-order chi connectivity index (χ1) is 8.00. The zero-order valence-corrected chi connectivity index (χ0v) is 11.0. The fraction of sp³-hybridized carbons (Fsp3) is 0.267. The molecule has 0 saturated heterocycles. The SMILES string of the molecule is CC(C)=C(C)N=C/C=C(\C)c1cccc(N)c1. The van der Waals surface area contributed by atoms with Crippen molar-refractivity contribution in [2.75, 3.05) is 5.73 Å². The number of nitrogen functional groups attached to an aromatic ring is 1. The van der Waals surface area contributed by atoms with E-state index in [0.717, 1.165) is 22.5 Å².